The third-order valence-electron chi connectivity index (χ3n) is 2.74. The minimum Gasteiger partial charge on any atom is -0.322 e. The summed E-state index contributed by atoms with van der Waals surface area (Å²) in [6.45, 7) is 0. The van der Waals surface area contributed by atoms with Gasteiger partial charge < -0.3 is 5.32 Å². The van der Waals surface area contributed by atoms with E-state index in [2.05, 4.69) is 20.3 Å². The van der Waals surface area contributed by atoms with Crippen LogP contribution in [0.2, 0.25) is 5.02 Å². The second-order valence-electron chi connectivity index (χ2n) is 4.07. The summed E-state index contributed by atoms with van der Waals surface area (Å²) in [6, 6.07) is 6.88. The van der Waals surface area contributed by atoms with E-state index >= 15 is 0 Å². The number of amides is 1. The molecule has 3 aromatic rings. The first-order valence-electron chi connectivity index (χ1n) is 5.86. The second-order valence-corrected chi connectivity index (χ2v) is 4.48. The Balaban J connectivity index is 1.89. The lowest BCUT2D eigenvalue weighted by atomic mass is 10.2. The first-order chi connectivity index (χ1) is 9.74. The number of fused-ring (bicyclic) bond motifs is 1. The van der Waals surface area contributed by atoms with E-state index in [1.54, 1.807) is 36.7 Å². The Labute approximate surface area is 119 Å². The Morgan fingerprint density at radius 1 is 1.05 bits per heavy atom. The number of nitrogens with one attached hydrogen (secondary N) is 1. The number of nitrogens with zero attached hydrogens (tertiary/aromatic N) is 3. The Kier molecular flexibility index (Phi) is 3.26. The Hall–Kier alpha value is -2.53. The zero-order valence-corrected chi connectivity index (χ0v) is 11.0. The topological polar surface area (TPSA) is 67.8 Å². The van der Waals surface area contributed by atoms with Gasteiger partial charge in [0.15, 0.2) is 0 Å². The van der Waals surface area contributed by atoms with Crippen LogP contribution in [0.4, 0.5) is 5.69 Å². The number of carbonyl (C=O) groups excluding carboxylic acids is 1. The maximum absolute atomic E-state index is 12.1. The SMILES string of the molecule is O=C(Nc1ccc2nccnc2c1)c1cnccc1Cl. The molecular weight excluding hydrogens is 276 g/mol. The van der Waals surface area contributed by atoms with Crippen LogP contribution in [0.5, 0.6) is 0 Å². The molecule has 1 N–H and O–H groups in total. The van der Waals surface area contributed by atoms with Crippen molar-refractivity contribution in [1.82, 2.24) is 15.0 Å². The number of benzene rings is 1. The van der Waals surface area contributed by atoms with E-state index in [9.17, 15) is 4.79 Å². The van der Waals surface area contributed by atoms with E-state index in [0.29, 0.717) is 21.8 Å². The highest BCUT2D eigenvalue weighted by Gasteiger charge is 2.10. The molecular formula is C14H9ClN4O. The van der Waals surface area contributed by atoms with Gasteiger partial charge in [-0.3, -0.25) is 19.7 Å². The second kappa shape index (κ2) is 5.22. The van der Waals surface area contributed by atoms with E-state index in [4.69, 9.17) is 11.6 Å². The lowest BCUT2D eigenvalue weighted by Crippen LogP contribution is -2.12. The smallest absolute Gasteiger partial charge is 0.258 e. The van der Waals surface area contributed by atoms with Crippen LogP contribution in [-0.4, -0.2) is 20.9 Å². The Morgan fingerprint density at radius 3 is 2.65 bits per heavy atom. The van der Waals surface area contributed by atoms with Crippen LogP contribution >= 0.6 is 11.6 Å². The first-order valence-corrected chi connectivity index (χ1v) is 6.23. The van der Waals surface area contributed by atoms with Crippen LogP contribution in [0.15, 0.2) is 49.1 Å². The molecule has 1 aromatic carbocycles. The summed E-state index contributed by atoms with van der Waals surface area (Å²) in [7, 11) is 0. The van der Waals surface area contributed by atoms with Gasteiger partial charge in [0.05, 0.1) is 21.6 Å². The average molecular weight is 285 g/mol. The van der Waals surface area contributed by atoms with Crippen LogP contribution in [0.25, 0.3) is 11.0 Å². The van der Waals surface area contributed by atoms with Crippen LogP contribution in [-0.2, 0) is 0 Å². The molecule has 1 amide bonds. The van der Waals surface area contributed by atoms with E-state index in [1.165, 1.54) is 12.4 Å². The van der Waals surface area contributed by atoms with Gasteiger partial charge in [0.1, 0.15) is 0 Å². The molecule has 3 rings (SSSR count). The minimum atomic E-state index is -0.314. The molecule has 2 aromatic heterocycles. The van der Waals surface area contributed by atoms with Gasteiger partial charge >= 0.3 is 0 Å². The van der Waals surface area contributed by atoms with Gasteiger partial charge in [-0.2, -0.15) is 0 Å². The molecule has 0 saturated carbocycles. The number of carbonyl (C=O) groups is 1. The third-order valence-corrected chi connectivity index (χ3v) is 3.07. The molecule has 0 aliphatic heterocycles. The zero-order valence-electron chi connectivity index (χ0n) is 10.2. The van der Waals surface area contributed by atoms with E-state index in [1.807, 2.05) is 0 Å². The molecule has 0 atom stereocenters. The predicted octanol–water partition coefficient (Wildman–Crippen LogP) is 2.93. The molecule has 0 unspecified atom stereocenters. The largest absolute Gasteiger partial charge is 0.322 e. The van der Waals surface area contributed by atoms with Crippen molar-refractivity contribution in [3.63, 3.8) is 0 Å². The summed E-state index contributed by atoms with van der Waals surface area (Å²) in [5.74, 6) is -0.314. The van der Waals surface area contributed by atoms with Gasteiger partial charge in [-0.25, -0.2) is 0 Å². The number of halogens is 1. The van der Waals surface area contributed by atoms with E-state index in [-0.39, 0.29) is 5.91 Å². The van der Waals surface area contributed by atoms with Gasteiger partial charge in [0, 0.05) is 30.5 Å². The summed E-state index contributed by atoms with van der Waals surface area (Å²) >= 11 is 5.96. The minimum absolute atomic E-state index is 0.314. The Bertz CT molecular complexity index is 791. The molecule has 0 bridgehead atoms. The van der Waals surface area contributed by atoms with Crippen LogP contribution in [0, 0.1) is 0 Å². The normalized spacial score (nSPS) is 10.4. The quantitative estimate of drug-likeness (QED) is 0.785. The number of anilines is 1. The average Bonchev–Trinajstić information content (AvgIpc) is 2.47. The molecule has 0 aliphatic rings. The molecule has 6 heteroatoms. The fourth-order valence-electron chi connectivity index (χ4n) is 1.78. The van der Waals surface area contributed by atoms with Crippen LogP contribution in [0.3, 0.4) is 0 Å². The van der Waals surface area contributed by atoms with Crippen molar-refractivity contribution in [2.24, 2.45) is 0 Å². The number of aromatic nitrogens is 3. The van der Waals surface area contributed by atoms with Gasteiger partial charge in [-0.1, -0.05) is 11.6 Å². The number of rotatable bonds is 2. The first kappa shape index (κ1) is 12.5. The lowest BCUT2D eigenvalue weighted by Gasteiger charge is -2.06. The highest BCUT2D eigenvalue weighted by molar-refractivity contribution is 6.34. The number of pyridine rings is 1. The van der Waals surface area contributed by atoms with Crippen molar-refractivity contribution in [3.05, 3.63) is 59.6 Å². The fraction of sp³-hybridized carbons (Fsp3) is 0. The van der Waals surface area contributed by atoms with Crippen LogP contribution in [0.1, 0.15) is 10.4 Å². The molecule has 98 valence electrons. The summed E-state index contributed by atoms with van der Waals surface area (Å²) in [4.78, 5) is 24.3. The lowest BCUT2D eigenvalue weighted by molar-refractivity contribution is 0.102. The van der Waals surface area contributed by atoms with Crippen molar-refractivity contribution in [2.45, 2.75) is 0 Å². The van der Waals surface area contributed by atoms with Gasteiger partial charge in [-0.15, -0.1) is 0 Å². The maximum Gasteiger partial charge on any atom is 0.258 e. The van der Waals surface area contributed by atoms with Crippen molar-refractivity contribution < 1.29 is 4.79 Å². The molecule has 0 spiro atoms. The summed E-state index contributed by atoms with van der Waals surface area (Å²) in [6.07, 6.45) is 6.19. The maximum atomic E-state index is 12.1. The van der Waals surface area contributed by atoms with Crippen molar-refractivity contribution in [1.29, 1.82) is 0 Å². The molecule has 20 heavy (non-hydrogen) atoms. The van der Waals surface area contributed by atoms with Crippen LogP contribution < -0.4 is 5.32 Å². The monoisotopic (exact) mass is 284 g/mol. The highest BCUT2D eigenvalue weighted by Crippen LogP contribution is 2.18. The van der Waals surface area contributed by atoms with Crippen molar-refractivity contribution in [2.75, 3.05) is 5.32 Å². The van der Waals surface area contributed by atoms with Gasteiger partial charge in [-0.05, 0) is 24.3 Å². The fourth-order valence-corrected chi connectivity index (χ4v) is 1.97. The highest BCUT2D eigenvalue weighted by atomic mass is 35.5. The van der Waals surface area contributed by atoms with E-state index < -0.39 is 0 Å². The van der Waals surface area contributed by atoms with Gasteiger partial charge in [0.25, 0.3) is 5.91 Å². The predicted molar refractivity (Wildman–Crippen MR) is 76.7 cm³/mol. The summed E-state index contributed by atoms with van der Waals surface area (Å²) in [5, 5.41) is 3.12. The molecule has 0 radical (unpaired) electrons. The van der Waals surface area contributed by atoms with Crippen molar-refractivity contribution in [3.8, 4) is 0 Å². The molecule has 0 aliphatic carbocycles. The van der Waals surface area contributed by atoms with Crippen molar-refractivity contribution >= 4 is 34.2 Å². The molecule has 0 saturated heterocycles. The number of hydrogen-bond acceptors (Lipinski definition) is 4. The number of hydrogen-bond donors (Lipinski definition) is 1. The van der Waals surface area contributed by atoms with E-state index in [0.717, 1.165) is 5.52 Å². The zero-order chi connectivity index (χ0) is 13.9. The summed E-state index contributed by atoms with van der Waals surface area (Å²) < 4.78 is 0. The third kappa shape index (κ3) is 2.44. The van der Waals surface area contributed by atoms with Gasteiger partial charge in [0.2, 0.25) is 0 Å². The molecule has 0 fully saturated rings. The Morgan fingerprint density at radius 2 is 1.85 bits per heavy atom. The standard InChI is InChI=1S/C14H9ClN4O/c15-11-3-4-16-8-10(11)14(20)19-9-1-2-12-13(7-9)18-6-5-17-12/h1-8H,(H,19,20). The molecule has 2 heterocycles. The molecule has 5 nitrogen and oxygen atoms in total. The summed E-state index contributed by atoms with van der Waals surface area (Å²) in [5.41, 5.74) is 2.43.